The molecule has 0 aliphatic rings. The van der Waals surface area contributed by atoms with Gasteiger partial charge in [0.25, 0.3) is 0 Å². The number of carbonyl (C=O) groups excluding carboxylic acids is 1. The van der Waals surface area contributed by atoms with Crippen molar-refractivity contribution in [1.29, 1.82) is 0 Å². The Morgan fingerprint density at radius 1 is 0.630 bits per heavy atom. The Labute approximate surface area is 259 Å². The van der Waals surface area contributed by atoms with Crippen LogP contribution in [0.1, 0.15) is 62.2 Å². The monoisotopic (exact) mass is 704 g/mol. The van der Waals surface area contributed by atoms with Crippen LogP contribution >= 0.6 is 11.8 Å². The highest BCUT2D eigenvalue weighted by atomic mass is 32.2. The molecule has 260 valence electrons. The van der Waals surface area contributed by atoms with Gasteiger partial charge in [0, 0.05) is 17.1 Å². The fourth-order valence-electron chi connectivity index (χ4n) is 3.79. The molecule has 46 heavy (non-hydrogen) atoms. The number of esters is 1. The summed E-state index contributed by atoms with van der Waals surface area (Å²) in [5.74, 6) is -38.4. The number of alkyl halides is 13. The highest BCUT2D eigenvalue weighted by Gasteiger charge is 2.90. The molecule has 0 aromatic heterocycles. The molecule has 3 nitrogen and oxygen atoms in total. The first kappa shape index (κ1) is 39.3. The molecule has 0 bridgehead atoms. The molecule has 17 heteroatoms. The van der Waals surface area contributed by atoms with E-state index in [9.17, 15) is 61.9 Å². The van der Waals surface area contributed by atoms with Crippen LogP contribution < -0.4 is 9.47 Å². The number of thioether (sulfide) groups is 1. The van der Waals surface area contributed by atoms with Gasteiger partial charge in [-0.05, 0) is 55.0 Å². The summed E-state index contributed by atoms with van der Waals surface area (Å²) in [7, 11) is 0. The number of hydrogen-bond donors (Lipinski definition) is 0. The predicted octanol–water partition coefficient (Wildman–Crippen LogP) is 10.9. The van der Waals surface area contributed by atoms with Gasteiger partial charge in [0.2, 0.25) is 0 Å². The molecule has 0 radical (unpaired) electrons. The van der Waals surface area contributed by atoms with Crippen LogP contribution in [-0.2, 0) is 0 Å². The largest absolute Gasteiger partial charge is 0.494 e. The maximum atomic E-state index is 14.0. The molecule has 0 amide bonds. The molecule has 2 aromatic rings. The number of rotatable bonds is 18. The second-order valence-electron chi connectivity index (χ2n) is 10.1. The van der Waals surface area contributed by atoms with E-state index in [2.05, 4.69) is 6.92 Å². The topological polar surface area (TPSA) is 35.5 Å². The van der Waals surface area contributed by atoms with E-state index in [1.165, 1.54) is 18.6 Å². The lowest BCUT2D eigenvalue weighted by molar-refractivity contribution is -0.439. The van der Waals surface area contributed by atoms with E-state index in [1.54, 1.807) is 12.1 Å². The Balaban J connectivity index is 1.92. The number of benzene rings is 2. The fraction of sp³-hybridized carbons (Fsp3) is 0.552. The van der Waals surface area contributed by atoms with E-state index >= 15 is 0 Å². The molecule has 0 aliphatic heterocycles. The van der Waals surface area contributed by atoms with Crippen molar-refractivity contribution in [3.8, 4) is 11.5 Å². The van der Waals surface area contributed by atoms with E-state index in [1.807, 2.05) is 0 Å². The molecule has 0 spiro atoms. The standard InChI is InChI=1S/C29H29F13O3S/c1-2-3-4-5-6-7-17-44-20-10-8-19(9-11-20)23(43)45-21-12-14-22(15-13-21)46-18-16-24(30,31)25(32,33)26(34,35)27(36,37)28(38,39)29(40,41)42/h8-15H,2-7,16-18H2,1H3. The zero-order valence-electron chi connectivity index (χ0n) is 24.0. The summed E-state index contributed by atoms with van der Waals surface area (Å²) in [5, 5.41) is 0. The first-order chi connectivity index (χ1) is 21.1. The summed E-state index contributed by atoms with van der Waals surface area (Å²) in [6.45, 7) is 2.63. The Hall–Kier alpha value is -2.85. The fourth-order valence-corrected chi connectivity index (χ4v) is 4.71. The first-order valence-corrected chi connectivity index (χ1v) is 14.7. The summed E-state index contributed by atoms with van der Waals surface area (Å²) in [6, 6.07) is 10.6. The van der Waals surface area contributed by atoms with Crippen molar-refractivity contribution < 1.29 is 71.3 Å². The molecule has 0 fully saturated rings. The quantitative estimate of drug-likeness (QED) is 0.0509. The Bertz CT molecular complexity index is 1250. The molecule has 0 aliphatic carbocycles. The molecule has 0 unspecified atom stereocenters. The third kappa shape index (κ3) is 8.94. The molecular weight excluding hydrogens is 675 g/mol. The van der Waals surface area contributed by atoms with Crippen LogP contribution in [0.15, 0.2) is 53.4 Å². The summed E-state index contributed by atoms with van der Waals surface area (Å²) < 4.78 is 183. The highest BCUT2D eigenvalue weighted by Crippen LogP contribution is 2.60. The molecule has 0 saturated carbocycles. The Kier molecular flexibility index (Phi) is 13.1. The lowest BCUT2D eigenvalue weighted by Gasteiger charge is -2.39. The van der Waals surface area contributed by atoms with Crippen LogP contribution in [-0.4, -0.2) is 54.1 Å². The summed E-state index contributed by atoms with van der Waals surface area (Å²) in [5.41, 5.74) is 0.143. The first-order valence-electron chi connectivity index (χ1n) is 13.8. The van der Waals surface area contributed by atoms with E-state index in [-0.39, 0.29) is 16.2 Å². The van der Waals surface area contributed by atoms with Crippen LogP contribution in [0.2, 0.25) is 0 Å². The SMILES string of the molecule is CCCCCCCCOc1ccc(C(=O)Oc2ccc(SCCC(F)(F)C(F)(F)C(F)(F)C(F)(F)C(F)(F)C(F)(F)F)cc2)cc1. The average molecular weight is 705 g/mol. The van der Waals surface area contributed by atoms with E-state index in [0.29, 0.717) is 24.1 Å². The summed E-state index contributed by atoms with van der Waals surface area (Å²) in [6.07, 6.45) is -3.25. The molecule has 2 aromatic carbocycles. The highest BCUT2D eigenvalue weighted by molar-refractivity contribution is 7.99. The van der Waals surface area contributed by atoms with Crippen LogP contribution in [0.5, 0.6) is 11.5 Å². The van der Waals surface area contributed by atoms with E-state index in [4.69, 9.17) is 9.47 Å². The third-order valence-electron chi connectivity index (χ3n) is 6.57. The van der Waals surface area contributed by atoms with Gasteiger partial charge in [0.15, 0.2) is 0 Å². The minimum atomic E-state index is -7.92. The van der Waals surface area contributed by atoms with Crippen molar-refractivity contribution >= 4 is 17.7 Å². The normalized spacial score (nSPS) is 13.5. The van der Waals surface area contributed by atoms with Crippen molar-refractivity contribution in [3.05, 3.63) is 54.1 Å². The second kappa shape index (κ2) is 15.4. The minimum absolute atomic E-state index is 0.00600. The molecule has 0 heterocycles. The summed E-state index contributed by atoms with van der Waals surface area (Å²) in [4.78, 5) is 12.4. The van der Waals surface area contributed by atoms with Crippen molar-refractivity contribution in [2.75, 3.05) is 12.4 Å². The van der Waals surface area contributed by atoms with Gasteiger partial charge in [-0.3, -0.25) is 0 Å². The second-order valence-corrected chi connectivity index (χ2v) is 11.3. The Morgan fingerprint density at radius 3 is 1.67 bits per heavy atom. The maximum Gasteiger partial charge on any atom is 0.460 e. The number of halogens is 13. The van der Waals surface area contributed by atoms with Gasteiger partial charge >= 0.3 is 41.8 Å². The maximum absolute atomic E-state index is 14.0. The van der Waals surface area contributed by atoms with Gasteiger partial charge in [-0.25, -0.2) is 4.79 Å². The molecular formula is C29H29F13O3S. The van der Waals surface area contributed by atoms with E-state index in [0.717, 1.165) is 56.4 Å². The van der Waals surface area contributed by atoms with Gasteiger partial charge in [-0.1, -0.05) is 39.0 Å². The predicted molar refractivity (Wildman–Crippen MR) is 143 cm³/mol. The van der Waals surface area contributed by atoms with Gasteiger partial charge in [0.1, 0.15) is 11.5 Å². The van der Waals surface area contributed by atoms with Crippen LogP contribution in [0.25, 0.3) is 0 Å². The lowest BCUT2D eigenvalue weighted by atomic mass is 9.93. The number of unbranched alkanes of at least 4 members (excludes halogenated alkanes) is 5. The van der Waals surface area contributed by atoms with Crippen LogP contribution in [0, 0.1) is 0 Å². The lowest BCUT2D eigenvalue weighted by Crippen LogP contribution is -2.70. The van der Waals surface area contributed by atoms with Crippen molar-refractivity contribution in [2.24, 2.45) is 0 Å². The van der Waals surface area contributed by atoms with Crippen LogP contribution in [0.4, 0.5) is 57.1 Å². The van der Waals surface area contributed by atoms with Gasteiger partial charge in [-0.2, -0.15) is 57.1 Å². The third-order valence-corrected chi connectivity index (χ3v) is 7.59. The zero-order chi connectivity index (χ0) is 35.0. The summed E-state index contributed by atoms with van der Waals surface area (Å²) >= 11 is 0.301. The molecule has 0 N–H and O–H groups in total. The molecule has 2 rings (SSSR count). The van der Waals surface area contributed by atoms with Crippen molar-refractivity contribution in [2.45, 2.75) is 92.6 Å². The molecule has 0 saturated heterocycles. The number of ether oxygens (including phenoxy) is 2. The number of hydrogen-bond acceptors (Lipinski definition) is 4. The average Bonchev–Trinajstić information content (AvgIpc) is 2.96. The van der Waals surface area contributed by atoms with Crippen molar-refractivity contribution in [1.82, 2.24) is 0 Å². The van der Waals surface area contributed by atoms with Gasteiger partial charge < -0.3 is 9.47 Å². The van der Waals surface area contributed by atoms with E-state index < -0.39 is 53.9 Å². The zero-order valence-corrected chi connectivity index (χ0v) is 24.8. The van der Waals surface area contributed by atoms with Crippen molar-refractivity contribution in [3.63, 3.8) is 0 Å². The molecule has 0 atom stereocenters. The Morgan fingerprint density at radius 2 is 1.13 bits per heavy atom. The number of carbonyl (C=O) groups is 1. The smallest absolute Gasteiger partial charge is 0.460 e. The van der Waals surface area contributed by atoms with Gasteiger partial charge in [-0.15, -0.1) is 11.8 Å². The van der Waals surface area contributed by atoms with Crippen LogP contribution in [0.3, 0.4) is 0 Å². The minimum Gasteiger partial charge on any atom is -0.494 e. The van der Waals surface area contributed by atoms with Gasteiger partial charge in [0.05, 0.1) is 12.2 Å².